The maximum Gasteiger partial charge on any atom is 0.242 e. The largest absolute Gasteiger partial charge is 0.385 e. The molecule has 1 aromatic carbocycles. The van der Waals surface area contributed by atoms with Crippen LogP contribution < -0.4 is 10.6 Å². The fourth-order valence-corrected chi connectivity index (χ4v) is 2.01. The summed E-state index contributed by atoms with van der Waals surface area (Å²) in [5, 5.41) is 6.19. The summed E-state index contributed by atoms with van der Waals surface area (Å²) in [4.78, 5) is 12.0. The van der Waals surface area contributed by atoms with Crippen LogP contribution in [0.25, 0.3) is 0 Å². The Kier molecular flexibility index (Phi) is 7.09. The van der Waals surface area contributed by atoms with Gasteiger partial charge >= 0.3 is 0 Å². The first kappa shape index (κ1) is 16.5. The van der Waals surface area contributed by atoms with E-state index < -0.39 is 0 Å². The highest BCUT2D eigenvalue weighted by Gasteiger charge is 2.14. The molecule has 20 heavy (non-hydrogen) atoms. The van der Waals surface area contributed by atoms with E-state index in [4.69, 9.17) is 4.74 Å². The van der Waals surface area contributed by atoms with Crippen LogP contribution in [0.1, 0.15) is 38.7 Å². The van der Waals surface area contributed by atoms with Gasteiger partial charge in [-0.15, -0.1) is 0 Å². The van der Waals surface area contributed by atoms with Crippen molar-refractivity contribution < 1.29 is 9.53 Å². The van der Waals surface area contributed by atoms with Gasteiger partial charge in [-0.05, 0) is 30.9 Å². The number of hydrogen-bond acceptors (Lipinski definition) is 3. The van der Waals surface area contributed by atoms with Crippen molar-refractivity contribution in [3.8, 4) is 0 Å². The Balaban J connectivity index is 2.53. The summed E-state index contributed by atoms with van der Waals surface area (Å²) >= 11 is 0. The molecule has 0 aliphatic heterocycles. The Hall–Kier alpha value is -1.55. The highest BCUT2D eigenvalue weighted by Crippen LogP contribution is 2.24. The van der Waals surface area contributed by atoms with E-state index in [0.29, 0.717) is 19.1 Å². The topological polar surface area (TPSA) is 50.4 Å². The highest BCUT2D eigenvalue weighted by atomic mass is 16.5. The standard InChI is InChI=1S/C16H26N2O2/c1-12(2)14-8-5-6-9-15(14)18-13(3)16(19)17-10-7-11-20-4/h5-6,8-9,12-13,18H,7,10-11H2,1-4H3,(H,17,19). The van der Waals surface area contributed by atoms with Crippen molar-refractivity contribution in [2.75, 3.05) is 25.6 Å². The van der Waals surface area contributed by atoms with Crippen LogP contribution in [0.5, 0.6) is 0 Å². The second-order valence-electron chi connectivity index (χ2n) is 5.25. The molecule has 0 radical (unpaired) electrons. The third-order valence-electron chi connectivity index (χ3n) is 3.17. The third kappa shape index (κ3) is 5.21. The molecule has 1 aromatic rings. The van der Waals surface area contributed by atoms with Crippen molar-refractivity contribution >= 4 is 11.6 Å². The fraction of sp³-hybridized carbons (Fsp3) is 0.562. The maximum atomic E-state index is 12.0. The van der Waals surface area contributed by atoms with E-state index in [1.54, 1.807) is 7.11 Å². The van der Waals surface area contributed by atoms with Crippen molar-refractivity contribution in [1.82, 2.24) is 5.32 Å². The van der Waals surface area contributed by atoms with Crippen LogP contribution in [0.3, 0.4) is 0 Å². The summed E-state index contributed by atoms with van der Waals surface area (Å²) in [6, 6.07) is 7.87. The first-order valence-corrected chi connectivity index (χ1v) is 7.18. The van der Waals surface area contributed by atoms with Gasteiger partial charge in [-0.3, -0.25) is 4.79 Å². The zero-order valence-corrected chi connectivity index (χ0v) is 12.9. The molecule has 0 heterocycles. The SMILES string of the molecule is COCCCNC(=O)C(C)Nc1ccccc1C(C)C. The monoisotopic (exact) mass is 278 g/mol. The smallest absolute Gasteiger partial charge is 0.242 e. The van der Waals surface area contributed by atoms with Crippen LogP contribution in [0, 0.1) is 0 Å². The van der Waals surface area contributed by atoms with Crippen LogP contribution >= 0.6 is 0 Å². The van der Waals surface area contributed by atoms with Gasteiger partial charge in [0.15, 0.2) is 0 Å². The summed E-state index contributed by atoms with van der Waals surface area (Å²) in [7, 11) is 1.66. The Labute approximate surface area is 121 Å². The van der Waals surface area contributed by atoms with E-state index in [9.17, 15) is 4.79 Å². The number of anilines is 1. The fourth-order valence-electron chi connectivity index (χ4n) is 2.01. The summed E-state index contributed by atoms with van der Waals surface area (Å²) in [5.74, 6) is 0.440. The minimum Gasteiger partial charge on any atom is -0.385 e. The molecule has 1 atom stereocenters. The number of para-hydroxylation sites is 1. The van der Waals surface area contributed by atoms with E-state index in [-0.39, 0.29) is 11.9 Å². The minimum atomic E-state index is -0.252. The van der Waals surface area contributed by atoms with Gasteiger partial charge < -0.3 is 15.4 Å². The molecule has 2 N–H and O–H groups in total. The summed E-state index contributed by atoms with van der Waals surface area (Å²) < 4.78 is 4.95. The predicted molar refractivity (Wildman–Crippen MR) is 83.1 cm³/mol. The summed E-state index contributed by atoms with van der Waals surface area (Å²) in [6.45, 7) is 7.48. The lowest BCUT2D eigenvalue weighted by atomic mass is 10.0. The number of nitrogens with one attached hydrogen (secondary N) is 2. The lowest BCUT2D eigenvalue weighted by Gasteiger charge is -2.19. The number of benzene rings is 1. The number of hydrogen-bond donors (Lipinski definition) is 2. The van der Waals surface area contributed by atoms with Gasteiger partial charge in [-0.25, -0.2) is 0 Å². The molecular formula is C16H26N2O2. The second kappa shape index (κ2) is 8.59. The number of carbonyl (C=O) groups is 1. The third-order valence-corrected chi connectivity index (χ3v) is 3.17. The van der Waals surface area contributed by atoms with Crippen molar-refractivity contribution in [2.45, 2.75) is 39.2 Å². The number of rotatable bonds is 8. The van der Waals surface area contributed by atoms with Gasteiger partial charge in [-0.2, -0.15) is 0 Å². The minimum absolute atomic E-state index is 0.0136. The van der Waals surface area contributed by atoms with E-state index in [0.717, 1.165) is 12.1 Å². The molecular weight excluding hydrogens is 252 g/mol. The Bertz CT molecular complexity index is 419. The normalized spacial score (nSPS) is 12.2. The van der Waals surface area contributed by atoms with E-state index in [2.05, 4.69) is 30.5 Å². The van der Waals surface area contributed by atoms with E-state index in [1.165, 1.54) is 5.56 Å². The zero-order valence-electron chi connectivity index (χ0n) is 12.9. The molecule has 0 aliphatic rings. The molecule has 112 valence electrons. The molecule has 1 rings (SSSR count). The van der Waals surface area contributed by atoms with Crippen molar-refractivity contribution in [2.24, 2.45) is 0 Å². The molecule has 4 heteroatoms. The highest BCUT2D eigenvalue weighted by molar-refractivity contribution is 5.84. The quantitative estimate of drug-likeness (QED) is 0.719. The number of carbonyl (C=O) groups excluding carboxylic acids is 1. The molecule has 1 amide bonds. The van der Waals surface area contributed by atoms with Gasteiger partial charge in [0.2, 0.25) is 5.91 Å². The number of amides is 1. The lowest BCUT2D eigenvalue weighted by Crippen LogP contribution is -2.38. The predicted octanol–water partition coefficient (Wildman–Crippen LogP) is 2.76. The average molecular weight is 278 g/mol. The van der Waals surface area contributed by atoms with Crippen molar-refractivity contribution in [3.63, 3.8) is 0 Å². The van der Waals surface area contributed by atoms with Gasteiger partial charge in [0.25, 0.3) is 0 Å². The maximum absolute atomic E-state index is 12.0. The molecule has 0 aromatic heterocycles. The summed E-state index contributed by atoms with van der Waals surface area (Å²) in [6.07, 6.45) is 0.831. The molecule has 4 nitrogen and oxygen atoms in total. The lowest BCUT2D eigenvalue weighted by molar-refractivity contribution is -0.121. The number of ether oxygens (including phenoxy) is 1. The van der Waals surface area contributed by atoms with Crippen LogP contribution in [-0.4, -0.2) is 32.2 Å². The first-order valence-electron chi connectivity index (χ1n) is 7.18. The molecule has 0 aliphatic carbocycles. The molecule has 1 unspecified atom stereocenters. The molecule has 0 saturated carbocycles. The number of methoxy groups -OCH3 is 1. The zero-order chi connectivity index (χ0) is 15.0. The van der Waals surface area contributed by atoms with Crippen LogP contribution in [0.2, 0.25) is 0 Å². The van der Waals surface area contributed by atoms with Gasteiger partial charge in [0.1, 0.15) is 6.04 Å². The van der Waals surface area contributed by atoms with E-state index in [1.807, 2.05) is 25.1 Å². The van der Waals surface area contributed by atoms with Gasteiger partial charge in [0.05, 0.1) is 0 Å². The Morgan fingerprint density at radius 3 is 2.60 bits per heavy atom. The molecule has 0 spiro atoms. The Morgan fingerprint density at radius 1 is 1.25 bits per heavy atom. The molecule has 0 fully saturated rings. The Morgan fingerprint density at radius 2 is 1.95 bits per heavy atom. The van der Waals surface area contributed by atoms with Crippen LogP contribution in [-0.2, 0) is 9.53 Å². The van der Waals surface area contributed by atoms with Crippen LogP contribution in [0.4, 0.5) is 5.69 Å². The summed E-state index contributed by atoms with van der Waals surface area (Å²) in [5.41, 5.74) is 2.26. The van der Waals surface area contributed by atoms with Gasteiger partial charge in [-0.1, -0.05) is 32.0 Å². The second-order valence-corrected chi connectivity index (χ2v) is 5.25. The van der Waals surface area contributed by atoms with E-state index >= 15 is 0 Å². The first-order chi connectivity index (χ1) is 9.56. The average Bonchev–Trinajstić information content (AvgIpc) is 2.43. The van der Waals surface area contributed by atoms with Gasteiger partial charge in [0, 0.05) is 25.9 Å². The van der Waals surface area contributed by atoms with Crippen molar-refractivity contribution in [3.05, 3.63) is 29.8 Å². The molecule has 0 bridgehead atoms. The molecule has 0 saturated heterocycles. The van der Waals surface area contributed by atoms with Crippen molar-refractivity contribution in [1.29, 1.82) is 0 Å². The van der Waals surface area contributed by atoms with Crippen LogP contribution in [0.15, 0.2) is 24.3 Å².